The van der Waals surface area contributed by atoms with Gasteiger partial charge in [0.15, 0.2) is 11.5 Å². The SMILES string of the molecule is Cc1ncsc1-c1ccc(CNC(=O)[C@H]2C[C@H](O)CN2C(=O)[C@H](NC(=O)CCCCCCC(=O)NC(c2ccc3c(c2)OC(F)(F)O3)c2cc(C)c3cccnc3c2O)C(C)(C)C)cc1. The molecule has 1 unspecified atom stereocenters. The van der Waals surface area contributed by atoms with Gasteiger partial charge >= 0.3 is 6.29 Å². The molecule has 4 amide bonds. The van der Waals surface area contributed by atoms with Gasteiger partial charge in [0.1, 0.15) is 23.3 Å². The van der Waals surface area contributed by atoms with Crippen molar-refractivity contribution in [2.24, 2.45) is 5.41 Å². The number of aryl methyl sites for hydroxylation is 2. The maximum Gasteiger partial charge on any atom is 0.586 e. The van der Waals surface area contributed by atoms with Crippen molar-refractivity contribution in [3.63, 3.8) is 0 Å². The molecular weight excluding hydrogens is 859 g/mol. The van der Waals surface area contributed by atoms with E-state index in [4.69, 9.17) is 0 Å². The zero-order valence-corrected chi connectivity index (χ0v) is 37.8. The predicted molar refractivity (Wildman–Crippen MR) is 240 cm³/mol. The number of β-amino-alcohol motifs (C(OH)–C–C–N with tert-alkyl or cyclic N) is 1. The van der Waals surface area contributed by atoms with Crippen LogP contribution in [0.4, 0.5) is 8.78 Å². The van der Waals surface area contributed by atoms with Crippen molar-refractivity contribution < 1.29 is 47.6 Å². The summed E-state index contributed by atoms with van der Waals surface area (Å²) in [7, 11) is 0. The van der Waals surface area contributed by atoms with Gasteiger partial charge in [-0.3, -0.25) is 24.2 Å². The zero-order valence-electron chi connectivity index (χ0n) is 37.0. The lowest BCUT2D eigenvalue weighted by Crippen LogP contribution is -2.57. The molecule has 3 aromatic carbocycles. The van der Waals surface area contributed by atoms with Gasteiger partial charge in [0, 0.05) is 49.5 Å². The number of thiazole rings is 1. The first-order valence-electron chi connectivity index (χ1n) is 21.7. The number of phenolic OH excluding ortho intramolecular Hbond substituents is 1. The van der Waals surface area contributed by atoms with E-state index in [9.17, 15) is 38.2 Å². The first-order valence-corrected chi connectivity index (χ1v) is 22.6. The molecule has 2 aromatic heterocycles. The number of aliphatic hydroxyl groups excluding tert-OH is 1. The van der Waals surface area contributed by atoms with E-state index in [-0.39, 0.29) is 67.3 Å². The number of aromatic nitrogens is 2. The van der Waals surface area contributed by atoms with Gasteiger partial charge in [0.25, 0.3) is 0 Å². The van der Waals surface area contributed by atoms with Crippen LogP contribution in [0.15, 0.2) is 72.4 Å². The molecule has 65 heavy (non-hydrogen) atoms. The van der Waals surface area contributed by atoms with E-state index in [2.05, 4.69) is 35.4 Å². The number of pyridine rings is 1. The van der Waals surface area contributed by atoms with E-state index in [0.717, 1.165) is 32.6 Å². The predicted octanol–water partition coefficient (Wildman–Crippen LogP) is 7.36. The number of carbonyl (C=O) groups excluding carboxylic acids is 4. The lowest BCUT2D eigenvalue weighted by Gasteiger charge is -2.35. The molecule has 1 fully saturated rings. The summed E-state index contributed by atoms with van der Waals surface area (Å²) in [5, 5.41) is 31.4. The van der Waals surface area contributed by atoms with Crippen LogP contribution in [0.25, 0.3) is 21.3 Å². The van der Waals surface area contributed by atoms with E-state index < -0.39 is 41.8 Å². The molecule has 344 valence electrons. The molecule has 2 aliphatic heterocycles. The number of unbranched alkanes of at least 4 members (excludes halogenated alkanes) is 3. The number of alkyl halides is 2. The minimum absolute atomic E-state index is 0.0352. The van der Waals surface area contributed by atoms with Gasteiger partial charge in [-0.2, -0.15) is 0 Å². The molecule has 0 aliphatic carbocycles. The van der Waals surface area contributed by atoms with Gasteiger partial charge in [-0.25, -0.2) is 4.98 Å². The monoisotopic (exact) mass is 912 g/mol. The fourth-order valence-corrected chi connectivity index (χ4v) is 9.12. The van der Waals surface area contributed by atoms with E-state index in [0.29, 0.717) is 42.3 Å². The number of amides is 4. The second-order valence-electron chi connectivity index (χ2n) is 17.8. The molecule has 5 N–H and O–H groups in total. The molecule has 0 bridgehead atoms. The molecule has 7 rings (SSSR count). The highest BCUT2D eigenvalue weighted by atomic mass is 32.1. The van der Waals surface area contributed by atoms with Crippen molar-refractivity contribution in [1.82, 2.24) is 30.8 Å². The largest absolute Gasteiger partial charge is 0.586 e. The van der Waals surface area contributed by atoms with Gasteiger partial charge < -0.3 is 40.5 Å². The van der Waals surface area contributed by atoms with Crippen molar-refractivity contribution in [2.75, 3.05) is 6.54 Å². The highest BCUT2D eigenvalue weighted by molar-refractivity contribution is 7.13. The van der Waals surface area contributed by atoms with E-state index in [1.807, 2.05) is 65.0 Å². The zero-order chi connectivity index (χ0) is 46.6. The van der Waals surface area contributed by atoms with Crippen LogP contribution >= 0.6 is 11.3 Å². The summed E-state index contributed by atoms with van der Waals surface area (Å²) < 4.78 is 37.0. The fraction of sp³-hybridized carbons (Fsp3) is 0.417. The number of hydrogen-bond donors (Lipinski definition) is 5. The summed E-state index contributed by atoms with van der Waals surface area (Å²) in [6.45, 7) is 9.48. The number of phenols is 1. The Morgan fingerprint density at radius 2 is 1.62 bits per heavy atom. The van der Waals surface area contributed by atoms with Crippen LogP contribution in [-0.2, 0) is 25.7 Å². The molecule has 17 heteroatoms. The summed E-state index contributed by atoms with van der Waals surface area (Å²) >= 11 is 1.56. The number of likely N-dealkylation sites (tertiary alicyclic amines) is 1. The first kappa shape index (κ1) is 46.8. The minimum Gasteiger partial charge on any atom is -0.505 e. The second-order valence-corrected chi connectivity index (χ2v) is 18.6. The molecule has 1 saturated heterocycles. The summed E-state index contributed by atoms with van der Waals surface area (Å²) in [5.74, 6) is -2.04. The number of aliphatic hydroxyl groups is 1. The lowest BCUT2D eigenvalue weighted by molar-refractivity contribution is -0.286. The smallest absolute Gasteiger partial charge is 0.505 e. The Kier molecular flexibility index (Phi) is 14.0. The van der Waals surface area contributed by atoms with Crippen LogP contribution in [0.5, 0.6) is 17.2 Å². The van der Waals surface area contributed by atoms with Crippen molar-refractivity contribution in [2.45, 2.75) is 117 Å². The van der Waals surface area contributed by atoms with E-state index >= 15 is 0 Å². The van der Waals surface area contributed by atoms with E-state index in [1.54, 1.807) is 35.2 Å². The van der Waals surface area contributed by atoms with Gasteiger partial charge in [-0.15, -0.1) is 20.1 Å². The van der Waals surface area contributed by atoms with Crippen molar-refractivity contribution in [3.8, 4) is 27.7 Å². The Balaban J connectivity index is 0.902. The highest BCUT2D eigenvalue weighted by Crippen LogP contribution is 2.44. The number of halogens is 2. The number of hydrogen-bond acceptors (Lipinski definition) is 11. The number of nitrogens with zero attached hydrogens (tertiary/aromatic N) is 3. The molecule has 0 saturated carbocycles. The van der Waals surface area contributed by atoms with Crippen LogP contribution < -0.4 is 25.4 Å². The minimum atomic E-state index is -3.84. The quantitative estimate of drug-likeness (QED) is 0.0625. The Bertz CT molecular complexity index is 2560. The van der Waals surface area contributed by atoms with Crippen LogP contribution in [-0.4, -0.2) is 79.7 Å². The second kappa shape index (κ2) is 19.5. The molecule has 0 spiro atoms. The maximum absolute atomic E-state index is 14.1. The van der Waals surface area contributed by atoms with Gasteiger partial charge in [-0.05, 0) is 78.6 Å². The number of nitrogens with one attached hydrogen (secondary N) is 3. The normalized spacial score (nSPS) is 17.4. The number of aromatic hydroxyl groups is 1. The summed E-state index contributed by atoms with van der Waals surface area (Å²) in [6, 6.07) is 14.5. The third-order valence-electron chi connectivity index (χ3n) is 11.7. The summed E-state index contributed by atoms with van der Waals surface area (Å²) in [5.41, 5.74) is 5.76. The topological polar surface area (TPSA) is 192 Å². The molecule has 5 aromatic rings. The first-order chi connectivity index (χ1) is 30.9. The number of rotatable bonds is 16. The van der Waals surface area contributed by atoms with Gasteiger partial charge in [0.2, 0.25) is 23.6 Å². The van der Waals surface area contributed by atoms with Crippen molar-refractivity contribution in [1.29, 1.82) is 0 Å². The number of ether oxygens (including phenoxy) is 2. The molecule has 4 atom stereocenters. The van der Waals surface area contributed by atoms with Crippen LogP contribution in [0, 0.1) is 19.3 Å². The van der Waals surface area contributed by atoms with Gasteiger partial charge in [-0.1, -0.05) is 70.0 Å². The Morgan fingerprint density at radius 1 is 0.923 bits per heavy atom. The Hall–Kier alpha value is -6.20. The average Bonchev–Trinajstić information content (AvgIpc) is 3.97. The third-order valence-corrected chi connectivity index (χ3v) is 12.7. The van der Waals surface area contributed by atoms with E-state index in [1.165, 1.54) is 23.1 Å². The molecule has 0 radical (unpaired) electrons. The summed E-state index contributed by atoms with van der Waals surface area (Å²) in [4.78, 5) is 65.4. The number of carbonyl (C=O) groups is 4. The standard InChI is InChI=1S/C48H54F2N6O8S/c1-27-21-34(42(60)41-33(27)11-10-20-51-41)40(31-18-19-36-37(22-31)64-48(49,50)63-36)54-38(58)12-8-6-7-9-13-39(59)55-44(47(3,4)5)46(62)56-25-32(57)23-35(56)45(61)52-24-29-14-16-30(17-15-29)43-28(2)53-26-65-43/h10-11,14-22,26,32,35,40,44,57,60H,6-9,12-13,23-25H2,1-5H3,(H,52,61)(H,54,58)(H,55,59)/t32-,35+,40?,44-/m0/s1. The lowest BCUT2D eigenvalue weighted by atomic mass is 9.85. The van der Waals surface area contributed by atoms with Crippen LogP contribution in [0.1, 0.15) is 99.7 Å². The summed E-state index contributed by atoms with van der Waals surface area (Å²) in [6.07, 6.45) is -0.712. The van der Waals surface area contributed by atoms with Crippen molar-refractivity contribution >= 4 is 45.9 Å². The van der Waals surface area contributed by atoms with Crippen LogP contribution in [0.2, 0.25) is 0 Å². The van der Waals surface area contributed by atoms with Gasteiger partial charge in [0.05, 0.1) is 28.2 Å². The van der Waals surface area contributed by atoms with Crippen molar-refractivity contribution in [3.05, 3.63) is 100 Å². The molecule has 14 nitrogen and oxygen atoms in total. The van der Waals surface area contributed by atoms with Crippen LogP contribution in [0.3, 0.4) is 0 Å². The number of benzene rings is 3. The Morgan fingerprint density at radius 3 is 2.29 bits per heavy atom. The highest BCUT2D eigenvalue weighted by Gasteiger charge is 2.45. The third kappa shape index (κ3) is 11.0. The molecular formula is C48H54F2N6O8S. The fourth-order valence-electron chi connectivity index (χ4n) is 8.31. The molecule has 2 aliphatic rings. The average molecular weight is 913 g/mol. The molecule has 4 heterocycles. The Labute approximate surface area is 379 Å². The maximum atomic E-state index is 14.1. The number of fused-ring (bicyclic) bond motifs is 2.